The number of furan rings is 1. The lowest BCUT2D eigenvalue weighted by atomic mass is 10.1. The second-order valence-electron chi connectivity index (χ2n) is 3.04. The molecule has 0 aliphatic carbocycles. The number of carbonyl (C=O) groups is 1. The van der Waals surface area contributed by atoms with E-state index in [9.17, 15) is 13.6 Å². The summed E-state index contributed by atoms with van der Waals surface area (Å²) in [5.41, 5.74) is 0.0358. The minimum atomic E-state index is -0.586. The van der Waals surface area contributed by atoms with Crippen LogP contribution < -0.4 is 0 Å². The third-order valence-electron chi connectivity index (χ3n) is 2.03. The van der Waals surface area contributed by atoms with E-state index in [1.54, 1.807) is 22.6 Å². The molecule has 1 aromatic heterocycles. The van der Waals surface area contributed by atoms with Crippen LogP contribution in [0.4, 0.5) is 8.78 Å². The van der Waals surface area contributed by atoms with Gasteiger partial charge in [0.2, 0.25) is 0 Å². The number of hydrogen-bond donors (Lipinski definition) is 0. The van der Waals surface area contributed by atoms with Gasteiger partial charge in [0, 0.05) is 0 Å². The molecule has 0 spiro atoms. The molecule has 16 heavy (non-hydrogen) atoms. The molecule has 2 nitrogen and oxygen atoms in total. The Labute approximate surface area is 103 Å². The first kappa shape index (κ1) is 11.3. The third-order valence-corrected chi connectivity index (χ3v) is 3.09. The molecule has 0 saturated carbocycles. The van der Waals surface area contributed by atoms with E-state index in [1.807, 2.05) is 0 Å². The highest BCUT2D eigenvalue weighted by atomic mass is 127. The molecule has 1 heterocycles. The number of aldehydes is 1. The molecule has 0 aliphatic rings. The Balaban J connectivity index is 2.63. The van der Waals surface area contributed by atoms with Crippen molar-refractivity contribution in [1.82, 2.24) is 0 Å². The van der Waals surface area contributed by atoms with Crippen molar-refractivity contribution in [3.8, 4) is 11.3 Å². The number of carbonyl (C=O) groups excluding carboxylic acids is 1. The van der Waals surface area contributed by atoms with Crippen molar-refractivity contribution in [3.05, 3.63) is 45.2 Å². The Morgan fingerprint density at radius 2 is 1.81 bits per heavy atom. The average Bonchev–Trinajstić information content (AvgIpc) is 2.73. The number of rotatable bonds is 2. The van der Waals surface area contributed by atoms with Gasteiger partial charge < -0.3 is 4.42 Å². The zero-order valence-corrected chi connectivity index (χ0v) is 9.99. The molecule has 1 aromatic carbocycles. The first-order valence-corrected chi connectivity index (χ1v) is 5.40. The molecule has 0 amide bonds. The summed E-state index contributed by atoms with van der Waals surface area (Å²) < 4.78 is 31.9. The fourth-order valence-corrected chi connectivity index (χ4v) is 2.01. The van der Waals surface area contributed by atoms with E-state index in [2.05, 4.69) is 0 Å². The van der Waals surface area contributed by atoms with Gasteiger partial charge in [0.25, 0.3) is 0 Å². The summed E-state index contributed by atoms with van der Waals surface area (Å²) in [5.74, 6) is -0.892. The van der Waals surface area contributed by atoms with Gasteiger partial charge >= 0.3 is 0 Å². The lowest BCUT2D eigenvalue weighted by Crippen LogP contribution is -1.91. The highest BCUT2D eigenvalue weighted by Gasteiger charge is 2.16. The van der Waals surface area contributed by atoms with Crippen LogP contribution in [0, 0.1) is 15.2 Å². The molecule has 0 saturated heterocycles. The van der Waals surface area contributed by atoms with Crippen LogP contribution in [0.25, 0.3) is 11.3 Å². The maximum absolute atomic E-state index is 13.5. The van der Waals surface area contributed by atoms with Crippen LogP contribution in [0.2, 0.25) is 0 Å². The highest BCUT2D eigenvalue weighted by molar-refractivity contribution is 14.1. The minimum absolute atomic E-state index is 0.0358. The summed E-state index contributed by atoms with van der Waals surface area (Å²) in [6, 6.07) is 4.91. The second-order valence-corrected chi connectivity index (χ2v) is 4.12. The normalized spacial score (nSPS) is 10.4. The molecule has 0 atom stereocenters. The van der Waals surface area contributed by atoms with Gasteiger partial charge in [-0.15, -0.1) is 0 Å². The minimum Gasteiger partial charge on any atom is -0.453 e. The van der Waals surface area contributed by atoms with Gasteiger partial charge in [0.1, 0.15) is 17.4 Å². The van der Waals surface area contributed by atoms with Crippen molar-refractivity contribution < 1.29 is 18.0 Å². The van der Waals surface area contributed by atoms with Crippen molar-refractivity contribution in [2.75, 3.05) is 0 Å². The monoisotopic (exact) mass is 334 g/mol. The van der Waals surface area contributed by atoms with Crippen LogP contribution in [-0.2, 0) is 0 Å². The zero-order valence-electron chi connectivity index (χ0n) is 7.84. The van der Waals surface area contributed by atoms with Crippen LogP contribution in [0.3, 0.4) is 0 Å². The molecule has 0 aliphatic heterocycles. The van der Waals surface area contributed by atoms with Gasteiger partial charge in [-0.25, -0.2) is 8.78 Å². The van der Waals surface area contributed by atoms with Crippen LogP contribution in [0.1, 0.15) is 10.6 Å². The van der Waals surface area contributed by atoms with E-state index < -0.39 is 11.6 Å². The quantitative estimate of drug-likeness (QED) is 0.477. The summed E-state index contributed by atoms with van der Waals surface area (Å²) in [7, 11) is 0. The Hall–Kier alpha value is -1.24. The van der Waals surface area contributed by atoms with Gasteiger partial charge in [0.15, 0.2) is 12.0 Å². The summed E-state index contributed by atoms with van der Waals surface area (Å²) in [5, 5.41) is 0. The summed E-state index contributed by atoms with van der Waals surface area (Å²) in [6.45, 7) is 0. The van der Waals surface area contributed by atoms with Crippen LogP contribution >= 0.6 is 22.6 Å². The maximum Gasteiger partial charge on any atom is 0.185 e. The van der Waals surface area contributed by atoms with Crippen LogP contribution in [0.5, 0.6) is 0 Å². The molecule has 0 bridgehead atoms. The maximum atomic E-state index is 13.5. The topological polar surface area (TPSA) is 30.2 Å². The Morgan fingerprint density at radius 3 is 2.44 bits per heavy atom. The van der Waals surface area contributed by atoms with Gasteiger partial charge in [-0.3, -0.25) is 4.79 Å². The molecule has 2 rings (SSSR count). The van der Waals surface area contributed by atoms with Crippen LogP contribution in [-0.4, -0.2) is 6.29 Å². The molecule has 0 unspecified atom stereocenters. The highest BCUT2D eigenvalue weighted by Crippen LogP contribution is 2.30. The molecular formula is C11H5F2IO2. The number of hydrogen-bond acceptors (Lipinski definition) is 2. The molecule has 0 radical (unpaired) electrons. The van der Waals surface area contributed by atoms with Gasteiger partial charge in [0.05, 0.1) is 9.13 Å². The van der Waals surface area contributed by atoms with E-state index >= 15 is 0 Å². The van der Waals surface area contributed by atoms with E-state index in [0.29, 0.717) is 6.29 Å². The molecule has 0 fully saturated rings. The zero-order chi connectivity index (χ0) is 11.7. The van der Waals surface area contributed by atoms with E-state index in [4.69, 9.17) is 4.42 Å². The second kappa shape index (κ2) is 4.32. The fraction of sp³-hybridized carbons (Fsp3) is 0. The smallest absolute Gasteiger partial charge is 0.185 e. The summed E-state index contributed by atoms with van der Waals surface area (Å²) >= 11 is 1.69. The van der Waals surface area contributed by atoms with Crippen molar-refractivity contribution in [1.29, 1.82) is 0 Å². The van der Waals surface area contributed by atoms with Gasteiger partial charge in [-0.2, -0.15) is 0 Å². The molecular weight excluding hydrogens is 329 g/mol. The van der Waals surface area contributed by atoms with Crippen molar-refractivity contribution in [2.24, 2.45) is 0 Å². The fourth-order valence-electron chi connectivity index (χ4n) is 1.30. The SMILES string of the molecule is O=Cc1ccc(-c2c(F)ccc(F)c2I)o1. The van der Waals surface area contributed by atoms with Gasteiger partial charge in [-0.1, -0.05) is 0 Å². The molecule has 2 aromatic rings. The predicted octanol–water partition coefficient (Wildman–Crippen LogP) is 3.64. The molecule has 5 heteroatoms. The summed E-state index contributed by atoms with van der Waals surface area (Å²) in [6.07, 6.45) is 0.508. The molecule has 0 N–H and O–H groups in total. The lowest BCUT2D eigenvalue weighted by Gasteiger charge is -2.03. The van der Waals surface area contributed by atoms with Crippen LogP contribution in [0.15, 0.2) is 28.7 Å². The Kier molecular flexibility index (Phi) is 3.04. The Bertz CT molecular complexity index is 549. The lowest BCUT2D eigenvalue weighted by molar-refractivity contribution is 0.110. The third kappa shape index (κ3) is 1.87. The first-order chi connectivity index (χ1) is 7.63. The van der Waals surface area contributed by atoms with Gasteiger partial charge in [-0.05, 0) is 46.9 Å². The van der Waals surface area contributed by atoms with Crippen molar-refractivity contribution in [3.63, 3.8) is 0 Å². The largest absolute Gasteiger partial charge is 0.453 e. The summed E-state index contributed by atoms with van der Waals surface area (Å²) in [4.78, 5) is 10.4. The Morgan fingerprint density at radius 1 is 1.12 bits per heavy atom. The average molecular weight is 334 g/mol. The van der Waals surface area contributed by atoms with E-state index in [1.165, 1.54) is 12.1 Å². The van der Waals surface area contributed by atoms with Crippen molar-refractivity contribution in [2.45, 2.75) is 0 Å². The van der Waals surface area contributed by atoms with E-state index in [-0.39, 0.29) is 20.7 Å². The molecule has 82 valence electrons. The van der Waals surface area contributed by atoms with Crippen molar-refractivity contribution >= 4 is 28.9 Å². The standard InChI is InChI=1S/C11H5F2IO2/c12-7-2-3-8(13)11(14)10(7)9-4-1-6(5-15)16-9/h1-5H. The van der Waals surface area contributed by atoms with E-state index in [0.717, 1.165) is 12.1 Å². The predicted molar refractivity (Wildman–Crippen MR) is 62.2 cm³/mol. The number of benzene rings is 1. The number of halogens is 3. The first-order valence-electron chi connectivity index (χ1n) is 4.32.